The van der Waals surface area contributed by atoms with E-state index in [4.69, 9.17) is 14.6 Å². The van der Waals surface area contributed by atoms with Crippen molar-refractivity contribution in [3.05, 3.63) is 75.8 Å². The molecule has 1 aliphatic rings. The summed E-state index contributed by atoms with van der Waals surface area (Å²) in [6, 6.07) is 14.6. The smallest absolute Gasteiger partial charge is 0.341 e. The molecular weight excluding hydrogens is 456 g/mol. The number of ether oxygens (including phenoxy) is 2. The maximum Gasteiger partial charge on any atom is 0.341 e. The first kappa shape index (κ1) is 23.6. The van der Waals surface area contributed by atoms with Crippen molar-refractivity contribution in [3.8, 4) is 5.75 Å². The highest BCUT2D eigenvalue weighted by atomic mass is 79.9. The fourth-order valence-corrected chi connectivity index (χ4v) is 4.83. The highest BCUT2D eigenvalue weighted by Crippen LogP contribution is 2.49. The summed E-state index contributed by atoms with van der Waals surface area (Å²) in [6.45, 7) is 12.4. The number of rotatable bonds is 7. The topological polar surface area (TPSA) is 55.8 Å². The maximum absolute atomic E-state index is 11.1. The molecule has 1 heterocycles. The van der Waals surface area contributed by atoms with Crippen molar-refractivity contribution in [3.63, 3.8) is 0 Å². The maximum atomic E-state index is 11.1. The summed E-state index contributed by atoms with van der Waals surface area (Å²) >= 11 is 3.51. The highest BCUT2D eigenvalue weighted by Gasteiger charge is 2.39. The SMILES string of the molecule is C=C(C)[C@H]1C[C@H](c2ccc(C(C)C)cc2)[C@H](C)O[C@@H]1c1cccc(Br)c1OCC(=O)O. The van der Waals surface area contributed by atoms with Crippen LogP contribution in [-0.4, -0.2) is 23.8 Å². The zero-order chi connectivity index (χ0) is 22.7. The van der Waals surface area contributed by atoms with E-state index in [2.05, 4.69) is 67.5 Å². The van der Waals surface area contributed by atoms with Gasteiger partial charge in [0.15, 0.2) is 6.61 Å². The zero-order valence-corrected chi connectivity index (χ0v) is 20.2. The molecule has 1 aliphatic heterocycles. The number of carboxylic acids is 1. The quantitative estimate of drug-likeness (QED) is 0.434. The fourth-order valence-electron chi connectivity index (χ4n) is 4.33. The summed E-state index contributed by atoms with van der Waals surface area (Å²) in [5, 5.41) is 9.08. The molecule has 0 aromatic heterocycles. The minimum absolute atomic E-state index is 0.00296. The predicted molar refractivity (Wildman–Crippen MR) is 127 cm³/mol. The number of para-hydroxylation sites is 1. The van der Waals surface area contributed by atoms with E-state index in [0.29, 0.717) is 11.7 Å². The lowest BCUT2D eigenvalue weighted by molar-refractivity contribution is -0.139. The van der Waals surface area contributed by atoms with Crippen LogP contribution in [0.15, 0.2) is 59.1 Å². The van der Waals surface area contributed by atoms with Crippen LogP contribution in [0.2, 0.25) is 0 Å². The van der Waals surface area contributed by atoms with E-state index >= 15 is 0 Å². The summed E-state index contributed by atoms with van der Waals surface area (Å²) in [7, 11) is 0. The van der Waals surface area contributed by atoms with Gasteiger partial charge in [0, 0.05) is 17.4 Å². The number of carboxylic acid groups (broad SMARTS) is 1. The van der Waals surface area contributed by atoms with Crippen molar-refractivity contribution in [1.82, 2.24) is 0 Å². The first-order valence-electron chi connectivity index (χ1n) is 10.7. The third-order valence-corrected chi connectivity index (χ3v) is 6.73. The molecule has 31 heavy (non-hydrogen) atoms. The molecule has 2 aromatic rings. The molecule has 0 spiro atoms. The largest absolute Gasteiger partial charge is 0.480 e. The fraction of sp³-hybridized carbons (Fsp3) is 0.423. The van der Waals surface area contributed by atoms with E-state index in [-0.39, 0.29) is 24.0 Å². The van der Waals surface area contributed by atoms with Crippen molar-refractivity contribution < 1.29 is 19.4 Å². The lowest BCUT2D eigenvalue weighted by atomic mass is 9.75. The molecule has 1 N–H and O–H groups in total. The van der Waals surface area contributed by atoms with Crippen LogP contribution in [0.1, 0.15) is 68.7 Å². The summed E-state index contributed by atoms with van der Waals surface area (Å²) < 4.78 is 12.9. The van der Waals surface area contributed by atoms with E-state index in [1.807, 2.05) is 25.1 Å². The van der Waals surface area contributed by atoms with Gasteiger partial charge in [-0.1, -0.05) is 62.4 Å². The molecule has 0 amide bonds. The number of carbonyl (C=O) groups is 1. The van der Waals surface area contributed by atoms with Crippen LogP contribution < -0.4 is 4.74 Å². The van der Waals surface area contributed by atoms with Gasteiger partial charge in [0.2, 0.25) is 0 Å². The van der Waals surface area contributed by atoms with Gasteiger partial charge in [-0.05, 0) is 59.3 Å². The van der Waals surface area contributed by atoms with E-state index in [9.17, 15) is 4.79 Å². The van der Waals surface area contributed by atoms with Crippen molar-refractivity contribution in [2.24, 2.45) is 5.92 Å². The van der Waals surface area contributed by atoms with Crippen molar-refractivity contribution in [2.75, 3.05) is 6.61 Å². The molecule has 0 unspecified atom stereocenters. The molecule has 1 saturated heterocycles. The van der Waals surface area contributed by atoms with Crippen LogP contribution in [0.3, 0.4) is 0 Å². The second-order valence-electron chi connectivity index (χ2n) is 8.72. The minimum atomic E-state index is -1.01. The standard InChI is InChI=1S/C26H31BrO4/c1-15(2)18-9-11-19(12-10-18)22-13-21(16(3)4)25(31-17(22)5)20-7-6-8-23(27)26(20)30-14-24(28)29/h6-12,15,17,21-22,25H,3,13-14H2,1-2,4-5H3,(H,28,29)/t17-,21+,22-,25+/m0/s1. The second-order valence-corrected chi connectivity index (χ2v) is 9.57. The lowest BCUT2D eigenvalue weighted by Gasteiger charge is -2.42. The van der Waals surface area contributed by atoms with Gasteiger partial charge in [-0.3, -0.25) is 0 Å². The Hall–Kier alpha value is -2.11. The number of hydrogen-bond acceptors (Lipinski definition) is 3. The zero-order valence-electron chi connectivity index (χ0n) is 18.6. The number of halogens is 1. The molecule has 4 atom stereocenters. The van der Waals surface area contributed by atoms with Gasteiger partial charge in [-0.2, -0.15) is 0 Å². The minimum Gasteiger partial charge on any atom is -0.480 e. The van der Waals surface area contributed by atoms with Crippen LogP contribution >= 0.6 is 15.9 Å². The summed E-state index contributed by atoms with van der Waals surface area (Å²) in [5.74, 6) is 0.360. The Bertz CT molecular complexity index is 935. The molecular formula is C26H31BrO4. The average molecular weight is 487 g/mol. The third-order valence-electron chi connectivity index (χ3n) is 6.11. The first-order chi connectivity index (χ1) is 14.7. The molecule has 2 aromatic carbocycles. The van der Waals surface area contributed by atoms with E-state index in [1.165, 1.54) is 11.1 Å². The van der Waals surface area contributed by atoms with Gasteiger partial charge in [-0.15, -0.1) is 0 Å². The Balaban J connectivity index is 1.92. The average Bonchev–Trinajstić information content (AvgIpc) is 2.72. The molecule has 0 bridgehead atoms. The number of hydrogen-bond donors (Lipinski definition) is 1. The van der Waals surface area contributed by atoms with Crippen molar-refractivity contribution in [1.29, 1.82) is 0 Å². The van der Waals surface area contributed by atoms with Crippen LogP contribution in [0.5, 0.6) is 5.75 Å². The molecule has 5 heteroatoms. The number of aliphatic carboxylic acids is 1. The van der Waals surface area contributed by atoms with Gasteiger partial charge >= 0.3 is 5.97 Å². The number of benzene rings is 2. The lowest BCUT2D eigenvalue weighted by Crippen LogP contribution is -2.34. The first-order valence-corrected chi connectivity index (χ1v) is 11.5. The Morgan fingerprint density at radius 3 is 2.52 bits per heavy atom. The normalized spacial score (nSPS) is 23.5. The Morgan fingerprint density at radius 2 is 1.94 bits per heavy atom. The van der Waals surface area contributed by atoms with Crippen LogP contribution in [-0.2, 0) is 9.53 Å². The van der Waals surface area contributed by atoms with E-state index in [0.717, 1.165) is 22.0 Å². The van der Waals surface area contributed by atoms with Crippen molar-refractivity contribution in [2.45, 2.75) is 58.2 Å². The molecule has 1 fully saturated rings. The van der Waals surface area contributed by atoms with Gasteiger partial charge in [0.05, 0.1) is 16.7 Å². The van der Waals surface area contributed by atoms with E-state index < -0.39 is 12.6 Å². The van der Waals surface area contributed by atoms with Crippen molar-refractivity contribution >= 4 is 21.9 Å². The van der Waals surface area contributed by atoms with Crippen LogP contribution in [0.4, 0.5) is 0 Å². The summed E-state index contributed by atoms with van der Waals surface area (Å²) in [4.78, 5) is 11.1. The van der Waals surface area contributed by atoms with Crippen LogP contribution in [0, 0.1) is 5.92 Å². The predicted octanol–water partition coefficient (Wildman–Crippen LogP) is 6.86. The van der Waals surface area contributed by atoms with Gasteiger partial charge in [0.1, 0.15) is 5.75 Å². The molecule has 0 aliphatic carbocycles. The molecule has 166 valence electrons. The molecule has 0 saturated carbocycles. The van der Waals surface area contributed by atoms with Gasteiger partial charge in [-0.25, -0.2) is 4.79 Å². The summed E-state index contributed by atoms with van der Waals surface area (Å²) in [6.07, 6.45) is 0.657. The second kappa shape index (κ2) is 10.0. The molecule has 3 rings (SSSR count). The van der Waals surface area contributed by atoms with E-state index in [1.54, 1.807) is 0 Å². The Kier molecular flexibility index (Phi) is 7.60. The molecule has 4 nitrogen and oxygen atoms in total. The Labute approximate surface area is 193 Å². The Morgan fingerprint density at radius 1 is 1.26 bits per heavy atom. The monoisotopic (exact) mass is 486 g/mol. The highest BCUT2D eigenvalue weighted by molar-refractivity contribution is 9.10. The van der Waals surface area contributed by atoms with Crippen LogP contribution in [0.25, 0.3) is 0 Å². The van der Waals surface area contributed by atoms with Gasteiger partial charge < -0.3 is 14.6 Å². The summed E-state index contributed by atoms with van der Waals surface area (Å²) in [5.41, 5.74) is 4.50. The van der Waals surface area contributed by atoms with Gasteiger partial charge in [0.25, 0.3) is 0 Å². The third kappa shape index (κ3) is 5.39. The molecule has 0 radical (unpaired) electrons.